The summed E-state index contributed by atoms with van der Waals surface area (Å²) in [5.41, 5.74) is 4.92. The van der Waals surface area contributed by atoms with E-state index in [1.165, 1.54) is 11.3 Å². The molecule has 2 N–H and O–H groups in total. The number of rotatable bonds is 7. The predicted octanol–water partition coefficient (Wildman–Crippen LogP) is 6.77. The molecule has 1 spiro atoms. The number of aryl methyl sites for hydroxylation is 1. The van der Waals surface area contributed by atoms with Gasteiger partial charge in [-0.3, -0.25) is 19.3 Å². The molecule has 2 saturated heterocycles. The molecular weight excluding hydrogens is 649 g/mol. The molecule has 2 aromatic carbocycles. The Morgan fingerprint density at radius 3 is 2.46 bits per heavy atom. The SMILES string of the molecule is Cc1cnc(N2CC3(CCOCC3)C2)c(C(=O)Nc2ccc(C(=O)N3c4ccccc4N=C(c4ccc(C(=O)NC5CCC5)s4)[C@H]3C)cc2)c1. The minimum Gasteiger partial charge on any atom is -0.381 e. The molecule has 4 aliphatic rings. The van der Waals surface area contributed by atoms with E-state index in [1.54, 1.807) is 29.2 Å². The number of thiophene rings is 1. The van der Waals surface area contributed by atoms with E-state index in [-0.39, 0.29) is 35.2 Å². The van der Waals surface area contributed by atoms with Crippen molar-refractivity contribution < 1.29 is 19.1 Å². The average Bonchev–Trinajstić information content (AvgIpc) is 3.59. The van der Waals surface area contributed by atoms with Gasteiger partial charge in [0.25, 0.3) is 17.7 Å². The molecule has 1 saturated carbocycles. The molecular formula is C39H40N6O4S. The lowest BCUT2D eigenvalue weighted by atomic mass is 9.73. The summed E-state index contributed by atoms with van der Waals surface area (Å²) in [6.07, 6.45) is 7.07. The first-order chi connectivity index (χ1) is 24.3. The van der Waals surface area contributed by atoms with Crippen molar-refractivity contribution in [3.05, 3.63) is 99.4 Å². The lowest BCUT2D eigenvalue weighted by Gasteiger charge is -2.53. The minimum atomic E-state index is -0.382. The quantitative estimate of drug-likeness (QED) is 0.221. The maximum atomic E-state index is 14.2. The largest absolute Gasteiger partial charge is 0.381 e. The Hall–Kier alpha value is -4.87. The van der Waals surface area contributed by atoms with E-state index < -0.39 is 0 Å². The van der Waals surface area contributed by atoms with E-state index >= 15 is 0 Å². The first-order valence-electron chi connectivity index (χ1n) is 17.4. The second-order valence-corrected chi connectivity index (χ2v) is 15.1. The van der Waals surface area contributed by atoms with Gasteiger partial charge in [0.1, 0.15) is 5.82 Å². The maximum Gasteiger partial charge on any atom is 0.261 e. The van der Waals surface area contributed by atoms with Crippen LogP contribution in [0.25, 0.3) is 0 Å². The summed E-state index contributed by atoms with van der Waals surface area (Å²) in [6, 6.07) is 20.1. The van der Waals surface area contributed by atoms with Crippen LogP contribution in [0.3, 0.4) is 0 Å². The van der Waals surface area contributed by atoms with Gasteiger partial charge in [-0.2, -0.15) is 0 Å². The van der Waals surface area contributed by atoms with Crippen molar-refractivity contribution in [3.63, 3.8) is 0 Å². The fourth-order valence-corrected chi connectivity index (χ4v) is 8.30. The summed E-state index contributed by atoms with van der Waals surface area (Å²) in [5.74, 6) is 0.220. The number of nitrogens with one attached hydrogen (secondary N) is 2. The highest BCUT2D eigenvalue weighted by molar-refractivity contribution is 7.16. The van der Waals surface area contributed by atoms with Crippen LogP contribution in [0, 0.1) is 12.3 Å². The first-order valence-corrected chi connectivity index (χ1v) is 18.2. The number of fused-ring (bicyclic) bond motifs is 1. The van der Waals surface area contributed by atoms with E-state index in [9.17, 15) is 14.4 Å². The molecule has 4 aromatic rings. The van der Waals surface area contributed by atoms with Crippen LogP contribution in [0.5, 0.6) is 0 Å². The summed E-state index contributed by atoms with van der Waals surface area (Å²) >= 11 is 1.40. The predicted molar refractivity (Wildman–Crippen MR) is 196 cm³/mol. The summed E-state index contributed by atoms with van der Waals surface area (Å²) in [5, 5.41) is 6.14. The van der Waals surface area contributed by atoms with Gasteiger partial charge < -0.3 is 20.3 Å². The Bertz CT molecular complexity index is 1990. The summed E-state index contributed by atoms with van der Waals surface area (Å²) in [4.78, 5) is 55.8. The number of carbonyl (C=O) groups is 3. The van der Waals surface area contributed by atoms with Crippen LogP contribution >= 0.6 is 11.3 Å². The number of ether oxygens (including phenoxy) is 1. The zero-order chi connectivity index (χ0) is 34.4. The zero-order valence-corrected chi connectivity index (χ0v) is 29.1. The highest BCUT2D eigenvalue weighted by Gasteiger charge is 2.45. The van der Waals surface area contributed by atoms with Crippen molar-refractivity contribution in [1.82, 2.24) is 10.3 Å². The first kappa shape index (κ1) is 32.3. The standard InChI is InChI=1S/C39H40N6O4S/c1-24-20-29(35(40-21-24)44-22-39(23-44)16-18-49-19-17-39)36(46)41-28-12-10-26(11-13-28)38(48)45-25(2)34(43-30-8-3-4-9-31(30)45)32-14-15-33(50-32)37(47)42-27-6-5-7-27/h3-4,8-15,20-21,25,27H,5-7,16-19,22-23H2,1-2H3,(H,41,46)(H,42,47)/t25-/m1/s1. The Morgan fingerprint density at radius 2 is 1.72 bits per heavy atom. The molecule has 3 aliphatic heterocycles. The van der Waals surface area contributed by atoms with Crippen LogP contribution in [-0.2, 0) is 4.74 Å². The Labute approximate surface area is 295 Å². The van der Waals surface area contributed by atoms with E-state index in [2.05, 4.69) is 20.5 Å². The molecule has 0 bridgehead atoms. The lowest BCUT2D eigenvalue weighted by molar-refractivity contribution is -0.000511. The molecule has 10 nitrogen and oxygen atoms in total. The number of benzene rings is 2. The van der Waals surface area contributed by atoms with Crippen molar-refractivity contribution in [2.45, 2.75) is 58.0 Å². The van der Waals surface area contributed by atoms with Crippen molar-refractivity contribution in [3.8, 4) is 0 Å². The Morgan fingerprint density at radius 1 is 0.960 bits per heavy atom. The molecule has 0 unspecified atom stereocenters. The van der Waals surface area contributed by atoms with Crippen LogP contribution in [0.1, 0.15) is 79.9 Å². The number of carbonyl (C=O) groups excluding carboxylic acids is 3. The van der Waals surface area contributed by atoms with Crippen molar-refractivity contribution in [2.75, 3.05) is 41.4 Å². The maximum absolute atomic E-state index is 14.2. The number of para-hydroxylation sites is 2. The molecule has 11 heteroatoms. The number of amides is 3. The normalized spacial score (nSPS) is 19.6. The average molecular weight is 689 g/mol. The van der Waals surface area contributed by atoms with Crippen LogP contribution in [-0.4, -0.2) is 66.8 Å². The highest BCUT2D eigenvalue weighted by Crippen LogP contribution is 2.43. The summed E-state index contributed by atoms with van der Waals surface area (Å²) in [7, 11) is 0. The van der Waals surface area contributed by atoms with Crippen molar-refractivity contribution in [2.24, 2.45) is 10.4 Å². The molecule has 2 aromatic heterocycles. The molecule has 3 fully saturated rings. The minimum absolute atomic E-state index is 0.0608. The van der Waals surface area contributed by atoms with E-state index in [1.807, 2.05) is 62.5 Å². The number of anilines is 3. The fraction of sp³-hybridized carbons (Fsp3) is 0.359. The molecule has 256 valence electrons. The number of aromatic nitrogens is 1. The zero-order valence-electron chi connectivity index (χ0n) is 28.3. The second-order valence-electron chi connectivity index (χ2n) is 14.0. The number of aliphatic imine (C=N–C) groups is 1. The number of nitrogens with zero attached hydrogens (tertiary/aromatic N) is 4. The van der Waals surface area contributed by atoms with Crippen LogP contribution in [0.4, 0.5) is 22.9 Å². The highest BCUT2D eigenvalue weighted by atomic mass is 32.1. The topological polar surface area (TPSA) is 116 Å². The smallest absolute Gasteiger partial charge is 0.261 e. The molecule has 50 heavy (non-hydrogen) atoms. The summed E-state index contributed by atoms with van der Waals surface area (Å²) in [6.45, 7) is 7.22. The van der Waals surface area contributed by atoms with Crippen molar-refractivity contribution in [1.29, 1.82) is 0 Å². The molecule has 8 rings (SSSR count). The van der Waals surface area contributed by atoms with Gasteiger partial charge in [-0.1, -0.05) is 12.1 Å². The Balaban J connectivity index is 0.987. The van der Waals surface area contributed by atoms with Gasteiger partial charge >= 0.3 is 0 Å². The third-order valence-corrected chi connectivity index (χ3v) is 11.6. The van der Waals surface area contributed by atoms with Gasteiger partial charge in [-0.15, -0.1) is 11.3 Å². The summed E-state index contributed by atoms with van der Waals surface area (Å²) < 4.78 is 5.57. The van der Waals surface area contributed by atoms with Crippen LogP contribution in [0.15, 0.2) is 77.9 Å². The van der Waals surface area contributed by atoms with Crippen LogP contribution in [0.2, 0.25) is 0 Å². The van der Waals surface area contributed by atoms with Gasteiger partial charge in [-0.25, -0.2) is 9.98 Å². The van der Waals surface area contributed by atoms with Crippen molar-refractivity contribution >= 4 is 57.7 Å². The molecule has 5 heterocycles. The van der Waals surface area contributed by atoms with Gasteiger partial charge in [0.2, 0.25) is 0 Å². The van der Waals surface area contributed by atoms with Gasteiger partial charge in [0.15, 0.2) is 0 Å². The second kappa shape index (κ2) is 13.1. The van der Waals surface area contributed by atoms with Gasteiger partial charge in [0, 0.05) is 55.2 Å². The van der Waals surface area contributed by atoms with Gasteiger partial charge in [0.05, 0.1) is 38.4 Å². The van der Waals surface area contributed by atoms with E-state index in [0.717, 1.165) is 80.2 Å². The van der Waals surface area contributed by atoms with E-state index in [0.29, 0.717) is 33.2 Å². The molecule has 1 atom stereocenters. The molecule has 3 amide bonds. The number of pyridine rings is 1. The van der Waals surface area contributed by atoms with Gasteiger partial charge in [-0.05, 0) is 106 Å². The molecule has 0 radical (unpaired) electrons. The number of hydrogen-bond acceptors (Lipinski definition) is 8. The lowest BCUT2D eigenvalue weighted by Crippen LogP contribution is -2.59. The number of hydrogen-bond donors (Lipinski definition) is 2. The monoisotopic (exact) mass is 688 g/mol. The third-order valence-electron chi connectivity index (χ3n) is 10.4. The van der Waals surface area contributed by atoms with E-state index in [4.69, 9.17) is 9.73 Å². The van der Waals surface area contributed by atoms with Crippen LogP contribution < -0.4 is 20.4 Å². The third kappa shape index (κ3) is 6.09. The Kier molecular flexibility index (Phi) is 8.48. The fourth-order valence-electron chi connectivity index (χ4n) is 7.32. The molecule has 1 aliphatic carbocycles.